The van der Waals surface area contributed by atoms with Gasteiger partial charge in [-0.15, -0.1) is 11.3 Å². The molecule has 3 aromatic rings. The van der Waals surface area contributed by atoms with E-state index in [-0.39, 0.29) is 12.4 Å². The number of thiazole rings is 1. The van der Waals surface area contributed by atoms with E-state index in [9.17, 15) is 19.2 Å². The quantitative estimate of drug-likeness (QED) is 0.558. The van der Waals surface area contributed by atoms with Crippen LogP contribution >= 0.6 is 11.3 Å². The predicted octanol–water partition coefficient (Wildman–Crippen LogP) is 3.34. The number of hydrogen-bond donors (Lipinski definition) is 2. The fraction of sp³-hybridized carbons (Fsp3) is 0.304. The lowest BCUT2D eigenvalue weighted by atomic mass is 10.1. The summed E-state index contributed by atoms with van der Waals surface area (Å²) in [5.74, 6) is -1.14. The molecule has 1 saturated heterocycles. The first-order valence-electron chi connectivity index (χ1n) is 10.6. The molecule has 0 bridgehead atoms. The van der Waals surface area contributed by atoms with E-state index in [0.29, 0.717) is 22.0 Å². The number of carbonyl (C=O) groups excluding carboxylic acids is 2. The van der Waals surface area contributed by atoms with E-state index < -0.39 is 17.4 Å². The summed E-state index contributed by atoms with van der Waals surface area (Å²) in [4.78, 5) is 31.1. The Morgan fingerprint density at radius 1 is 1.27 bits per heavy atom. The lowest BCUT2D eigenvalue weighted by Crippen LogP contribution is -2.37. The van der Waals surface area contributed by atoms with Crippen molar-refractivity contribution in [2.24, 2.45) is 0 Å². The fourth-order valence-corrected chi connectivity index (χ4v) is 4.45. The standard InChI is InChI=1S/C23H21FN6O2S/c24-17-8-16(9-18(10-17)29-5-1-6-29)19-13-33-22(27-19)28-20(31)11-26-21(32)15-2-7-30(12-15)23(14-25)3-4-23/h2,7-10,12-13H,1,3-6,11H2,(H,26,32)(H,27,28,31). The molecule has 3 heterocycles. The molecule has 10 heteroatoms. The molecule has 2 aliphatic rings. The Labute approximate surface area is 193 Å². The maximum absolute atomic E-state index is 14.1. The number of benzene rings is 1. The van der Waals surface area contributed by atoms with Gasteiger partial charge in [-0.3, -0.25) is 9.59 Å². The van der Waals surface area contributed by atoms with Crippen LogP contribution in [0.25, 0.3) is 11.3 Å². The van der Waals surface area contributed by atoms with Gasteiger partial charge in [0.15, 0.2) is 5.13 Å². The van der Waals surface area contributed by atoms with Crippen molar-refractivity contribution >= 4 is 34.0 Å². The van der Waals surface area contributed by atoms with E-state index in [0.717, 1.165) is 38.0 Å². The highest BCUT2D eigenvalue weighted by Crippen LogP contribution is 2.42. The van der Waals surface area contributed by atoms with E-state index in [2.05, 4.69) is 26.6 Å². The first-order chi connectivity index (χ1) is 16.0. The lowest BCUT2D eigenvalue weighted by molar-refractivity contribution is -0.115. The number of nitrogens with zero attached hydrogens (tertiary/aromatic N) is 4. The summed E-state index contributed by atoms with van der Waals surface area (Å²) in [6.45, 7) is 1.61. The predicted molar refractivity (Wildman–Crippen MR) is 123 cm³/mol. The number of nitrogens with one attached hydrogen (secondary N) is 2. The molecule has 0 unspecified atom stereocenters. The third-order valence-corrected chi connectivity index (χ3v) is 6.70. The third-order valence-electron chi connectivity index (χ3n) is 5.94. The van der Waals surface area contributed by atoms with E-state index in [1.54, 1.807) is 28.4 Å². The zero-order valence-electron chi connectivity index (χ0n) is 17.7. The molecule has 2 aromatic heterocycles. The van der Waals surface area contributed by atoms with Crippen molar-refractivity contribution in [3.63, 3.8) is 0 Å². The van der Waals surface area contributed by atoms with Gasteiger partial charge in [-0.05, 0) is 43.5 Å². The second-order valence-corrected chi connectivity index (χ2v) is 9.12. The van der Waals surface area contributed by atoms with Crippen LogP contribution in [-0.2, 0) is 10.3 Å². The van der Waals surface area contributed by atoms with Crippen molar-refractivity contribution < 1.29 is 14.0 Å². The Balaban J connectivity index is 1.17. The van der Waals surface area contributed by atoms with Gasteiger partial charge in [-0.1, -0.05) is 0 Å². The van der Waals surface area contributed by atoms with Crippen LogP contribution in [0.5, 0.6) is 0 Å². The summed E-state index contributed by atoms with van der Waals surface area (Å²) in [7, 11) is 0. The van der Waals surface area contributed by atoms with Crippen LogP contribution in [0.15, 0.2) is 42.0 Å². The number of halogens is 1. The van der Waals surface area contributed by atoms with Crippen molar-refractivity contribution in [3.05, 3.63) is 53.4 Å². The fourth-order valence-electron chi connectivity index (χ4n) is 3.71. The minimum atomic E-state index is -0.532. The summed E-state index contributed by atoms with van der Waals surface area (Å²) in [6, 6.07) is 8.73. The Morgan fingerprint density at radius 2 is 2.09 bits per heavy atom. The number of hydrogen-bond acceptors (Lipinski definition) is 6. The second kappa shape index (κ2) is 8.33. The Morgan fingerprint density at radius 3 is 2.79 bits per heavy atom. The van der Waals surface area contributed by atoms with Crippen molar-refractivity contribution in [3.8, 4) is 17.3 Å². The number of rotatable bonds is 7. The smallest absolute Gasteiger partial charge is 0.253 e. The highest BCUT2D eigenvalue weighted by Gasteiger charge is 2.45. The van der Waals surface area contributed by atoms with Gasteiger partial charge in [-0.2, -0.15) is 5.26 Å². The van der Waals surface area contributed by atoms with Gasteiger partial charge in [-0.25, -0.2) is 9.37 Å². The molecule has 2 N–H and O–H groups in total. The van der Waals surface area contributed by atoms with Gasteiger partial charge in [0.05, 0.1) is 23.9 Å². The molecular weight excluding hydrogens is 443 g/mol. The zero-order valence-corrected chi connectivity index (χ0v) is 18.5. The lowest BCUT2D eigenvalue weighted by Gasteiger charge is -2.33. The molecule has 2 amide bonds. The topological polar surface area (TPSA) is 103 Å². The minimum Gasteiger partial charge on any atom is -0.371 e. The molecule has 1 saturated carbocycles. The molecule has 0 atom stereocenters. The summed E-state index contributed by atoms with van der Waals surface area (Å²) < 4.78 is 15.8. The number of aromatic nitrogens is 2. The molecule has 168 valence electrons. The average molecular weight is 465 g/mol. The van der Waals surface area contributed by atoms with Crippen LogP contribution in [0, 0.1) is 17.1 Å². The molecule has 8 nitrogen and oxygen atoms in total. The molecular formula is C23H21FN6O2S. The normalized spacial score (nSPS) is 15.9. The molecule has 1 aliphatic heterocycles. The first-order valence-corrected chi connectivity index (χ1v) is 11.5. The zero-order chi connectivity index (χ0) is 23.0. The van der Waals surface area contributed by atoms with Gasteiger partial charge in [0.25, 0.3) is 5.91 Å². The highest BCUT2D eigenvalue weighted by molar-refractivity contribution is 7.14. The second-order valence-electron chi connectivity index (χ2n) is 8.26. The molecule has 1 aromatic carbocycles. The van der Waals surface area contributed by atoms with E-state index in [1.165, 1.54) is 23.5 Å². The van der Waals surface area contributed by atoms with E-state index in [1.807, 2.05) is 6.07 Å². The van der Waals surface area contributed by atoms with Crippen LogP contribution in [0.4, 0.5) is 15.2 Å². The molecule has 5 rings (SSSR count). The van der Waals surface area contributed by atoms with Crippen molar-refractivity contribution in [2.45, 2.75) is 24.8 Å². The average Bonchev–Trinajstić information content (AvgIpc) is 3.16. The third kappa shape index (κ3) is 4.32. The molecule has 0 spiro atoms. The SMILES string of the molecule is N#CC1(n2ccc(C(=O)NCC(=O)Nc3nc(-c4cc(F)cc(N5CCC5)c4)cs3)c2)CC1. The maximum Gasteiger partial charge on any atom is 0.253 e. The Kier molecular flexibility index (Phi) is 5.34. The van der Waals surface area contributed by atoms with Gasteiger partial charge in [0, 0.05) is 42.1 Å². The van der Waals surface area contributed by atoms with Crippen LogP contribution in [0.1, 0.15) is 29.6 Å². The minimum absolute atomic E-state index is 0.221. The monoisotopic (exact) mass is 464 g/mol. The van der Waals surface area contributed by atoms with E-state index >= 15 is 0 Å². The van der Waals surface area contributed by atoms with Gasteiger partial charge in [0.2, 0.25) is 5.91 Å². The Bertz CT molecular complexity index is 1270. The Hall–Kier alpha value is -3.71. The van der Waals surface area contributed by atoms with Crippen LogP contribution in [-0.4, -0.2) is 41.0 Å². The maximum atomic E-state index is 14.1. The summed E-state index contributed by atoms with van der Waals surface area (Å²) in [5, 5.41) is 16.6. The van der Waals surface area contributed by atoms with Crippen molar-refractivity contribution in [1.82, 2.24) is 14.9 Å². The van der Waals surface area contributed by atoms with Crippen LogP contribution in [0.3, 0.4) is 0 Å². The van der Waals surface area contributed by atoms with Crippen molar-refractivity contribution in [2.75, 3.05) is 29.9 Å². The number of carbonyl (C=O) groups is 2. The first kappa shape index (κ1) is 21.2. The van der Waals surface area contributed by atoms with Gasteiger partial charge >= 0.3 is 0 Å². The number of nitriles is 1. The van der Waals surface area contributed by atoms with Gasteiger partial charge in [0.1, 0.15) is 11.4 Å². The largest absolute Gasteiger partial charge is 0.371 e. The van der Waals surface area contributed by atoms with Crippen LogP contribution < -0.4 is 15.5 Å². The molecule has 2 fully saturated rings. The van der Waals surface area contributed by atoms with Crippen molar-refractivity contribution in [1.29, 1.82) is 5.26 Å². The highest BCUT2D eigenvalue weighted by atomic mass is 32.1. The molecule has 33 heavy (non-hydrogen) atoms. The van der Waals surface area contributed by atoms with E-state index in [4.69, 9.17) is 0 Å². The summed E-state index contributed by atoms with van der Waals surface area (Å²) >= 11 is 1.23. The van der Waals surface area contributed by atoms with Gasteiger partial charge < -0.3 is 20.1 Å². The number of anilines is 2. The number of amides is 2. The summed E-state index contributed by atoms with van der Waals surface area (Å²) in [5.41, 5.74) is 1.92. The molecule has 0 radical (unpaired) electrons. The molecule has 1 aliphatic carbocycles. The summed E-state index contributed by atoms with van der Waals surface area (Å²) in [6.07, 6.45) is 5.98. The van der Waals surface area contributed by atoms with Crippen LogP contribution in [0.2, 0.25) is 0 Å².